The Morgan fingerprint density at radius 1 is 1.21 bits per heavy atom. The molecule has 8 heteroatoms. The van der Waals surface area contributed by atoms with E-state index in [4.69, 9.17) is 35.9 Å². The molecule has 162 valence electrons. The summed E-state index contributed by atoms with van der Waals surface area (Å²) in [6.07, 6.45) is 0.527. The van der Waals surface area contributed by atoms with Crippen molar-refractivity contribution in [3.8, 4) is 5.75 Å². The van der Waals surface area contributed by atoms with Gasteiger partial charge >= 0.3 is 11.3 Å². The summed E-state index contributed by atoms with van der Waals surface area (Å²) in [5.41, 5.74) is 0.546. The Labute approximate surface area is 178 Å². The Kier molecular flexibility index (Phi) is 8.67. The van der Waals surface area contributed by atoms with E-state index in [0.717, 1.165) is 5.56 Å². The Balaban J connectivity index is 1.96. The van der Waals surface area contributed by atoms with Gasteiger partial charge in [-0.25, -0.2) is 4.79 Å². The molecule has 1 aliphatic carbocycles. The summed E-state index contributed by atoms with van der Waals surface area (Å²) in [7, 11) is 1.58. The van der Waals surface area contributed by atoms with Gasteiger partial charge in [0.25, 0.3) is 0 Å². The van der Waals surface area contributed by atoms with E-state index in [1.807, 2.05) is 52.0 Å². The number of aryl methyl sites for hydroxylation is 1. The number of carbonyl (C=O) groups is 1. The van der Waals surface area contributed by atoms with Crippen LogP contribution in [0.2, 0.25) is 0 Å². The molecule has 1 aromatic carbocycles. The normalized spacial score (nSPS) is 21.5. The number of nitrogens with one attached hydrogen (secondary N) is 1. The van der Waals surface area contributed by atoms with E-state index >= 15 is 0 Å². The fourth-order valence-electron chi connectivity index (χ4n) is 3.13. The lowest BCUT2D eigenvalue weighted by molar-refractivity contribution is -0.0436. The molecule has 0 aromatic heterocycles. The first-order valence-electron chi connectivity index (χ1n) is 9.67. The Hall–Kier alpha value is -1.90. The van der Waals surface area contributed by atoms with E-state index in [9.17, 15) is 4.79 Å². The van der Waals surface area contributed by atoms with E-state index < -0.39 is 11.7 Å². The van der Waals surface area contributed by atoms with E-state index in [0.29, 0.717) is 25.2 Å². The van der Waals surface area contributed by atoms with Gasteiger partial charge in [0.2, 0.25) is 0 Å². The first-order chi connectivity index (χ1) is 13.7. The molecule has 1 fully saturated rings. The zero-order valence-electron chi connectivity index (χ0n) is 17.7. The van der Waals surface area contributed by atoms with Crippen molar-refractivity contribution in [1.82, 2.24) is 5.32 Å². The van der Waals surface area contributed by atoms with Gasteiger partial charge in [0.05, 0.1) is 12.6 Å². The molecule has 0 radical (unpaired) electrons. The van der Waals surface area contributed by atoms with Gasteiger partial charge in [-0.2, -0.15) is 0 Å². The molecule has 0 spiro atoms. The average Bonchev–Trinajstić information content (AvgIpc) is 2.96. The van der Waals surface area contributed by atoms with Crippen molar-refractivity contribution in [3.05, 3.63) is 29.8 Å². The van der Waals surface area contributed by atoms with Crippen LogP contribution in [0.25, 0.3) is 0 Å². The molecular formula is C21H31NO6S. The monoisotopic (exact) mass is 425 g/mol. The van der Waals surface area contributed by atoms with Crippen molar-refractivity contribution in [2.24, 2.45) is 5.92 Å². The van der Waals surface area contributed by atoms with Crippen LogP contribution in [-0.2, 0) is 18.9 Å². The Morgan fingerprint density at radius 3 is 2.52 bits per heavy atom. The fourth-order valence-corrected chi connectivity index (χ4v) is 3.35. The second-order valence-electron chi connectivity index (χ2n) is 8.19. The quantitative estimate of drug-likeness (QED) is 0.402. The Bertz CT molecular complexity index is 673. The highest BCUT2D eigenvalue weighted by Crippen LogP contribution is 2.30. The molecular weight excluding hydrogens is 394 g/mol. The topological polar surface area (TPSA) is 75.3 Å². The molecule has 2 rings (SSSR count). The van der Waals surface area contributed by atoms with Gasteiger partial charge in [-0.3, -0.25) is 0 Å². The van der Waals surface area contributed by atoms with Crippen molar-refractivity contribution in [2.75, 3.05) is 20.5 Å². The summed E-state index contributed by atoms with van der Waals surface area (Å²) in [6.45, 7) is 8.19. The number of ether oxygens (including phenoxy) is 5. The van der Waals surface area contributed by atoms with Crippen LogP contribution in [0.3, 0.4) is 0 Å². The van der Waals surface area contributed by atoms with Crippen molar-refractivity contribution in [3.63, 3.8) is 0 Å². The number of rotatable bonds is 7. The third-order valence-electron chi connectivity index (χ3n) is 4.33. The molecule has 1 aromatic rings. The van der Waals surface area contributed by atoms with Crippen LogP contribution in [0.4, 0.5) is 4.79 Å². The highest BCUT2D eigenvalue weighted by atomic mass is 32.1. The molecule has 0 saturated heterocycles. The molecule has 0 unspecified atom stereocenters. The highest BCUT2D eigenvalue weighted by molar-refractivity contribution is 7.79. The molecule has 0 aliphatic heterocycles. The van der Waals surface area contributed by atoms with Gasteiger partial charge in [-0.05, 0) is 58.6 Å². The smallest absolute Gasteiger partial charge is 0.408 e. The maximum Gasteiger partial charge on any atom is 0.408 e. The third kappa shape index (κ3) is 8.55. The maximum absolute atomic E-state index is 12.2. The van der Waals surface area contributed by atoms with Crippen molar-refractivity contribution in [2.45, 2.75) is 58.3 Å². The van der Waals surface area contributed by atoms with Gasteiger partial charge in [0.1, 0.15) is 24.2 Å². The van der Waals surface area contributed by atoms with Crippen molar-refractivity contribution < 1.29 is 28.5 Å². The van der Waals surface area contributed by atoms with Crippen LogP contribution < -0.4 is 10.1 Å². The van der Waals surface area contributed by atoms with E-state index in [1.54, 1.807) is 7.11 Å². The van der Waals surface area contributed by atoms with Gasteiger partial charge < -0.3 is 29.0 Å². The van der Waals surface area contributed by atoms with Crippen LogP contribution >= 0.6 is 12.2 Å². The second kappa shape index (κ2) is 10.8. The summed E-state index contributed by atoms with van der Waals surface area (Å²) < 4.78 is 27.3. The zero-order valence-corrected chi connectivity index (χ0v) is 18.5. The number of benzene rings is 1. The van der Waals surface area contributed by atoms with Crippen LogP contribution in [0.1, 0.15) is 39.2 Å². The predicted molar refractivity (Wildman–Crippen MR) is 113 cm³/mol. The van der Waals surface area contributed by atoms with Crippen LogP contribution in [0, 0.1) is 12.8 Å². The Morgan fingerprint density at radius 2 is 1.90 bits per heavy atom. The molecule has 1 amide bonds. The number of hydrogen-bond donors (Lipinski definition) is 1. The highest BCUT2D eigenvalue weighted by Gasteiger charge is 2.38. The number of carbonyl (C=O) groups excluding carboxylic acids is 1. The van der Waals surface area contributed by atoms with E-state index in [1.165, 1.54) is 0 Å². The second-order valence-corrected chi connectivity index (χ2v) is 8.52. The predicted octanol–water partition coefficient (Wildman–Crippen LogP) is 3.97. The molecule has 7 nitrogen and oxygen atoms in total. The standard InChI is InChI=1S/C21H31NO6S/c1-14-6-8-16(9-7-14)26-20(29)27-18-11-15(12-25-13-24-5)10-17(18)22-19(23)28-21(2,3)4/h6-9,15,17-18H,10-13H2,1-5H3,(H,22,23)/t15-,17+,18-/m0/s1. The van der Waals surface area contributed by atoms with Gasteiger partial charge in [0, 0.05) is 19.3 Å². The minimum Gasteiger partial charge on any atom is -0.451 e. The van der Waals surface area contributed by atoms with E-state index in [2.05, 4.69) is 5.32 Å². The van der Waals surface area contributed by atoms with Gasteiger partial charge in [0.15, 0.2) is 0 Å². The zero-order chi connectivity index (χ0) is 21.4. The molecule has 1 N–H and O–H groups in total. The summed E-state index contributed by atoms with van der Waals surface area (Å²) >= 11 is 5.26. The number of methoxy groups -OCH3 is 1. The summed E-state index contributed by atoms with van der Waals surface area (Å²) in [6, 6.07) is 7.27. The molecule has 1 aliphatic rings. The van der Waals surface area contributed by atoms with Crippen LogP contribution in [-0.4, -0.2) is 49.6 Å². The van der Waals surface area contributed by atoms with Crippen LogP contribution in [0.5, 0.6) is 5.75 Å². The third-order valence-corrected chi connectivity index (χ3v) is 4.51. The lowest BCUT2D eigenvalue weighted by atomic mass is 10.1. The van der Waals surface area contributed by atoms with E-state index in [-0.39, 0.29) is 30.1 Å². The van der Waals surface area contributed by atoms with Crippen LogP contribution in [0.15, 0.2) is 24.3 Å². The first kappa shape index (κ1) is 23.4. The first-order valence-corrected chi connectivity index (χ1v) is 10.1. The maximum atomic E-state index is 12.2. The SMILES string of the molecule is COCOC[C@@H]1C[C@H](OC(=S)Oc2ccc(C)cc2)[C@H](NC(=O)OC(C)(C)C)C1. The van der Waals surface area contributed by atoms with Gasteiger partial charge in [-0.1, -0.05) is 17.7 Å². The molecule has 1 saturated carbocycles. The number of amides is 1. The number of thiocarbonyl (C=S) groups is 1. The summed E-state index contributed by atoms with van der Waals surface area (Å²) in [5, 5.41) is 2.92. The van der Waals surface area contributed by atoms with Crippen molar-refractivity contribution >= 4 is 23.5 Å². The lowest BCUT2D eigenvalue weighted by Gasteiger charge is -2.25. The number of hydrogen-bond acceptors (Lipinski definition) is 7. The summed E-state index contributed by atoms with van der Waals surface area (Å²) in [4.78, 5) is 12.2. The van der Waals surface area contributed by atoms with Gasteiger partial charge in [-0.15, -0.1) is 0 Å². The molecule has 0 heterocycles. The van der Waals surface area contributed by atoms with Crippen molar-refractivity contribution in [1.29, 1.82) is 0 Å². The average molecular weight is 426 g/mol. The minimum absolute atomic E-state index is 0.0216. The molecule has 3 atom stereocenters. The molecule has 0 bridgehead atoms. The number of alkyl carbamates (subject to hydrolysis) is 1. The molecule has 29 heavy (non-hydrogen) atoms. The summed E-state index contributed by atoms with van der Waals surface area (Å²) in [5.74, 6) is 0.799. The lowest BCUT2D eigenvalue weighted by Crippen LogP contribution is -2.44. The minimum atomic E-state index is -0.579. The largest absolute Gasteiger partial charge is 0.451 e. The fraction of sp³-hybridized carbons (Fsp3) is 0.619.